The van der Waals surface area contributed by atoms with Crippen molar-refractivity contribution in [2.24, 2.45) is 0 Å². The predicted octanol–water partition coefficient (Wildman–Crippen LogP) is 3.96. The number of nitrogens with zero attached hydrogens (tertiary/aromatic N) is 4. The Hall–Kier alpha value is -2.80. The van der Waals surface area contributed by atoms with Crippen LogP contribution in [0.4, 0.5) is 5.82 Å². The van der Waals surface area contributed by atoms with E-state index in [1.807, 2.05) is 32.0 Å². The fraction of sp³-hybridized carbons (Fsp3) is 0.176. The number of aryl methyl sites for hydroxylation is 1. The van der Waals surface area contributed by atoms with Crippen LogP contribution in [0.2, 0.25) is 0 Å². The van der Waals surface area contributed by atoms with Crippen LogP contribution in [0.1, 0.15) is 24.6 Å². The van der Waals surface area contributed by atoms with E-state index in [1.165, 1.54) is 16.8 Å². The summed E-state index contributed by atoms with van der Waals surface area (Å²) in [5.41, 5.74) is 1.19. The molecule has 3 aromatic heterocycles. The number of aromatic amines is 1. The average Bonchev–Trinajstić information content (AvgIpc) is 3.25. The van der Waals surface area contributed by atoms with Crippen LogP contribution in [-0.2, 0) is 0 Å². The van der Waals surface area contributed by atoms with E-state index >= 15 is 0 Å². The van der Waals surface area contributed by atoms with Crippen molar-refractivity contribution in [2.75, 3.05) is 5.32 Å². The SMILES string of the molecule is Cc1nc(NC(C)c2ncn[nH]2)c2cc(-c3ccccc3)sc2n1. The summed E-state index contributed by atoms with van der Waals surface area (Å²) in [5.74, 6) is 2.34. The molecule has 0 spiro atoms. The number of H-pyrrole nitrogens is 1. The Morgan fingerprint density at radius 3 is 2.75 bits per heavy atom. The highest BCUT2D eigenvalue weighted by atomic mass is 32.1. The fourth-order valence-corrected chi connectivity index (χ4v) is 3.66. The molecule has 1 atom stereocenters. The zero-order chi connectivity index (χ0) is 16.5. The van der Waals surface area contributed by atoms with Gasteiger partial charge in [-0.3, -0.25) is 5.10 Å². The molecule has 3 heterocycles. The molecule has 6 nitrogen and oxygen atoms in total. The van der Waals surface area contributed by atoms with Gasteiger partial charge in [-0.05, 0) is 25.5 Å². The molecule has 0 aliphatic rings. The van der Waals surface area contributed by atoms with Crippen molar-refractivity contribution in [1.29, 1.82) is 0 Å². The molecular formula is C17H16N6S. The Kier molecular flexibility index (Phi) is 3.70. The van der Waals surface area contributed by atoms with E-state index in [0.717, 1.165) is 27.7 Å². The molecule has 0 bridgehead atoms. The van der Waals surface area contributed by atoms with Crippen LogP contribution in [0.5, 0.6) is 0 Å². The minimum absolute atomic E-state index is 0.0231. The molecule has 0 aliphatic heterocycles. The second-order valence-electron chi connectivity index (χ2n) is 5.55. The molecule has 0 fully saturated rings. The number of aromatic nitrogens is 5. The molecule has 7 heteroatoms. The molecule has 0 amide bonds. The summed E-state index contributed by atoms with van der Waals surface area (Å²) >= 11 is 1.68. The fourth-order valence-electron chi connectivity index (χ4n) is 2.58. The van der Waals surface area contributed by atoms with Gasteiger partial charge < -0.3 is 5.32 Å². The summed E-state index contributed by atoms with van der Waals surface area (Å²) in [6.45, 7) is 3.93. The third-order valence-corrected chi connectivity index (χ3v) is 4.84. The molecule has 1 unspecified atom stereocenters. The van der Waals surface area contributed by atoms with Crippen LogP contribution < -0.4 is 5.32 Å². The number of nitrogens with one attached hydrogen (secondary N) is 2. The van der Waals surface area contributed by atoms with Gasteiger partial charge in [-0.1, -0.05) is 30.3 Å². The van der Waals surface area contributed by atoms with Gasteiger partial charge in [0.15, 0.2) is 0 Å². The van der Waals surface area contributed by atoms with Gasteiger partial charge >= 0.3 is 0 Å². The van der Waals surface area contributed by atoms with E-state index in [4.69, 9.17) is 0 Å². The molecular weight excluding hydrogens is 320 g/mol. The number of hydrogen-bond acceptors (Lipinski definition) is 6. The van der Waals surface area contributed by atoms with Gasteiger partial charge in [0.1, 0.15) is 28.6 Å². The number of benzene rings is 1. The second kappa shape index (κ2) is 6.01. The lowest BCUT2D eigenvalue weighted by molar-refractivity contribution is 0.790. The number of anilines is 1. The summed E-state index contributed by atoms with van der Waals surface area (Å²) in [7, 11) is 0. The minimum atomic E-state index is -0.0231. The minimum Gasteiger partial charge on any atom is -0.360 e. The third kappa shape index (κ3) is 2.74. The molecule has 0 aliphatic carbocycles. The first-order valence-electron chi connectivity index (χ1n) is 7.66. The Balaban J connectivity index is 1.76. The maximum atomic E-state index is 4.58. The molecule has 4 rings (SSSR count). The number of hydrogen-bond donors (Lipinski definition) is 2. The maximum absolute atomic E-state index is 4.58. The predicted molar refractivity (Wildman–Crippen MR) is 96.0 cm³/mol. The first-order valence-corrected chi connectivity index (χ1v) is 8.48. The molecule has 0 saturated heterocycles. The van der Waals surface area contributed by atoms with Crippen LogP contribution in [0.25, 0.3) is 20.7 Å². The molecule has 1 aromatic carbocycles. The van der Waals surface area contributed by atoms with E-state index < -0.39 is 0 Å². The molecule has 24 heavy (non-hydrogen) atoms. The Labute approximate surface area is 143 Å². The quantitative estimate of drug-likeness (QED) is 0.590. The summed E-state index contributed by atoms with van der Waals surface area (Å²) in [6, 6.07) is 12.4. The first-order chi connectivity index (χ1) is 11.7. The van der Waals surface area contributed by atoms with Crippen LogP contribution in [0.15, 0.2) is 42.7 Å². The third-order valence-electron chi connectivity index (χ3n) is 3.76. The molecule has 4 aromatic rings. The average molecular weight is 336 g/mol. The van der Waals surface area contributed by atoms with E-state index in [9.17, 15) is 0 Å². The number of rotatable bonds is 4. The van der Waals surface area contributed by atoms with Crippen molar-refractivity contribution in [3.05, 3.63) is 54.4 Å². The summed E-state index contributed by atoms with van der Waals surface area (Å²) in [6.07, 6.45) is 1.51. The first kappa shape index (κ1) is 14.8. The van der Waals surface area contributed by atoms with Gasteiger partial charge in [0.2, 0.25) is 0 Å². The highest BCUT2D eigenvalue weighted by Crippen LogP contribution is 2.36. The van der Waals surface area contributed by atoms with E-state index in [-0.39, 0.29) is 6.04 Å². The lowest BCUT2D eigenvalue weighted by Crippen LogP contribution is -2.10. The summed E-state index contributed by atoms with van der Waals surface area (Å²) in [4.78, 5) is 15.5. The van der Waals surface area contributed by atoms with Crippen LogP contribution in [-0.4, -0.2) is 25.1 Å². The number of fused-ring (bicyclic) bond motifs is 1. The zero-order valence-electron chi connectivity index (χ0n) is 13.3. The lowest BCUT2D eigenvalue weighted by Gasteiger charge is -2.12. The largest absolute Gasteiger partial charge is 0.360 e. The van der Waals surface area contributed by atoms with Crippen molar-refractivity contribution in [3.63, 3.8) is 0 Å². The van der Waals surface area contributed by atoms with Crippen molar-refractivity contribution >= 4 is 27.4 Å². The number of thiophene rings is 1. The van der Waals surface area contributed by atoms with Crippen molar-refractivity contribution in [2.45, 2.75) is 19.9 Å². The van der Waals surface area contributed by atoms with Gasteiger partial charge in [-0.15, -0.1) is 11.3 Å². The van der Waals surface area contributed by atoms with Gasteiger partial charge in [0.05, 0.1) is 11.4 Å². The van der Waals surface area contributed by atoms with Crippen molar-refractivity contribution < 1.29 is 0 Å². The van der Waals surface area contributed by atoms with Crippen LogP contribution >= 0.6 is 11.3 Å². The van der Waals surface area contributed by atoms with Crippen LogP contribution in [0, 0.1) is 6.92 Å². The van der Waals surface area contributed by atoms with Gasteiger partial charge in [0, 0.05) is 4.88 Å². The van der Waals surface area contributed by atoms with Gasteiger partial charge in [-0.25, -0.2) is 15.0 Å². The molecule has 120 valence electrons. The summed E-state index contributed by atoms with van der Waals surface area (Å²) in [5, 5.41) is 11.2. The smallest absolute Gasteiger partial charge is 0.146 e. The monoisotopic (exact) mass is 336 g/mol. The molecule has 0 saturated carbocycles. The van der Waals surface area contributed by atoms with Gasteiger partial charge in [0.25, 0.3) is 0 Å². The van der Waals surface area contributed by atoms with E-state index in [1.54, 1.807) is 11.3 Å². The highest BCUT2D eigenvalue weighted by Gasteiger charge is 2.15. The second-order valence-corrected chi connectivity index (χ2v) is 6.58. The van der Waals surface area contributed by atoms with Crippen molar-refractivity contribution in [3.8, 4) is 10.4 Å². The highest BCUT2D eigenvalue weighted by molar-refractivity contribution is 7.21. The Morgan fingerprint density at radius 2 is 2.00 bits per heavy atom. The molecule has 2 N–H and O–H groups in total. The van der Waals surface area contributed by atoms with Gasteiger partial charge in [-0.2, -0.15) is 5.10 Å². The maximum Gasteiger partial charge on any atom is 0.146 e. The molecule has 0 radical (unpaired) electrons. The standard InChI is InChI=1S/C17H16N6S/c1-10(15-18-9-19-23-15)20-16-13-8-14(12-6-4-3-5-7-12)24-17(13)22-11(2)21-16/h3-10H,1-2H3,(H,18,19,23)(H,20,21,22). The Bertz CT molecular complexity index is 962. The van der Waals surface area contributed by atoms with Crippen LogP contribution in [0.3, 0.4) is 0 Å². The normalized spacial score (nSPS) is 12.4. The Morgan fingerprint density at radius 1 is 1.17 bits per heavy atom. The zero-order valence-corrected chi connectivity index (χ0v) is 14.1. The lowest BCUT2D eigenvalue weighted by atomic mass is 10.2. The van der Waals surface area contributed by atoms with E-state index in [2.05, 4.69) is 48.7 Å². The van der Waals surface area contributed by atoms with Crippen molar-refractivity contribution in [1.82, 2.24) is 25.1 Å². The summed E-state index contributed by atoms with van der Waals surface area (Å²) < 4.78 is 0. The topological polar surface area (TPSA) is 79.4 Å². The van der Waals surface area contributed by atoms with E-state index in [0.29, 0.717) is 0 Å².